The maximum atomic E-state index is 13.4. The van der Waals surface area contributed by atoms with E-state index in [-0.39, 0.29) is 18.9 Å². The van der Waals surface area contributed by atoms with E-state index in [2.05, 4.69) is 141 Å². The summed E-state index contributed by atoms with van der Waals surface area (Å²) in [6.45, 7) is 2.78. The molecule has 14 nitrogen and oxygen atoms in total. The lowest BCUT2D eigenvalue weighted by Gasteiger charge is -2.46. The molecule has 2 heterocycles. The van der Waals surface area contributed by atoms with Crippen molar-refractivity contribution in [1.82, 2.24) is 5.32 Å². The Balaban J connectivity index is 1.63. The maximum absolute atomic E-state index is 13.4. The zero-order chi connectivity index (χ0) is 71.5. The second kappa shape index (κ2) is 67.6. The quantitative estimate of drug-likeness (QED) is 0.0204. The normalized spacial score (nSPS) is 22.6. The van der Waals surface area contributed by atoms with Gasteiger partial charge in [0.15, 0.2) is 12.6 Å². The average molecular weight is 1390 g/mol. The van der Waals surface area contributed by atoms with Crippen molar-refractivity contribution < 1.29 is 64.6 Å². The molecule has 0 bridgehead atoms. The first kappa shape index (κ1) is 91.5. The van der Waals surface area contributed by atoms with Crippen molar-refractivity contribution in [1.29, 1.82) is 0 Å². The Morgan fingerprint density at radius 1 is 0.374 bits per heavy atom. The number of hydrogen-bond acceptors (Lipinski definition) is 13. The molecule has 14 heteroatoms. The zero-order valence-electron chi connectivity index (χ0n) is 62.4. The third-order valence-electron chi connectivity index (χ3n) is 18.9. The van der Waals surface area contributed by atoms with Gasteiger partial charge >= 0.3 is 0 Å². The topological polar surface area (TPSA) is 228 Å². The summed E-state index contributed by atoms with van der Waals surface area (Å²) in [5.74, 6) is -0.216. The van der Waals surface area contributed by atoms with Crippen molar-refractivity contribution in [3.63, 3.8) is 0 Å². The average Bonchev–Trinajstić information content (AvgIpc) is 0.794. The standard InChI is InChI=1S/C85H147NO13/c1-3-5-7-9-11-13-15-17-19-21-23-25-27-29-31-32-33-34-35-36-37-38-39-40-41-42-43-45-47-49-51-53-55-57-59-61-63-65-67-69-77(90)86-73(72-96-84-82(95)80(93)83(76(71-88)98-84)99-85-81(94)79(92)78(91)75(70-87)97-85)74(89)68-66-64-62-60-58-56-54-52-50-48-46-44-30-28-26-24-22-20-18-16-14-12-10-8-6-4-2/h5,7,11,13,17,19,23,25,29,31,33-34,36-37,39-40,42-43,47,49,73-76,78-85,87-89,91-95H,3-4,6,8-10,12,14-16,18,20-22,24,26-28,30,32,35,38,41,44-46,48,50-72H2,1-2H3,(H,86,90)/b7-5-,13-11-,19-17-,25-23-,31-29-,34-33-,37-36-,40-39-,43-42-,49-47-. The van der Waals surface area contributed by atoms with Crippen LogP contribution in [-0.4, -0.2) is 140 Å². The lowest BCUT2D eigenvalue weighted by Crippen LogP contribution is -2.65. The Bertz CT molecular complexity index is 2130. The molecule has 2 rings (SSSR count). The molecule has 9 N–H and O–H groups in total. The van der Waals surface area contributed by atoms with E-state index in [9.17, 15) is 45.6 Å². The number of aliphatic hydroxyl groups is 8. The molecule has 12 atom stereocenters. The number of hydrogen-bond donors (Lipinski definition) is 9. The SMILES string of the molecule is CC/C=C\C/C=C\C/C=C\C/C=C\C/C=C\C/C=C\C/C=C\C/C=C\C/C=C\C/C=C\CCCCCCCCCCC(=O)NC(COC1OC(CO)C(OC2OC(CO)C(O)C(O)C2O)C(O)C1O)C(O)CCCCCCCCCCCCCCCCCCCCCCCCCCCC. The van der Waals surface area contributed by atoms with Crippen LogP contribution in [-0.2, 0) is 23.7 Å². The molecular formula is C85H147NO13. The number of unbranched alkanes of at least 4 members (excludes halogenated alkanes) is 33. The number of ether oxygens (including phenoxy) is 4. The van der Waals surface area contributed by atoms with E-state index >= 15 is 0 Å². The molecule has 0 spiro atoms. The lowest BCUT2D eigenvalue weighted by atomic mass is 9.97. The summed E-state index contributed by atoms with van der Waals surface area (Å²) in [4.78, 5) is 13.4. The van der Waals surface area contributed by atoms with Crippen LogP contribution < -0.4 is 5.32 Å². The van der Waals surface area contributed by atoms with Crippen LogP contribution in [0.25, 0.3) is 0 Å². The molecule has 2 fully saturated rings. The Hall–Kier alpha value is -3.61. The number of allylic oxidation sites excluding steroid dienone is 20. The van der Waals surface area contributed by atoms with Crippen LogP contribution in [0.15, 0.2) is 122 Å². The second-order valence-corrected chi connectivity index (χ2v) is 27.8. The van der Waals surface area contributed by atoms with Gasteiger partial charge in [-0.05, 0) is 89.9 Å². The lowest BCUT2D eigenvalue weighted by molar-refractivity contribution is -0.359. The molecule has 0 aromatic carbocycles. The van der Waals surface area contributed by atoms with Crippen molar-refractivity contribution in [3.8, 4) is 0 Å². The Kier molecular flexibility index (Phi) is 62.4. The van der Waals surface area contributed by atoms with E-state index in [1.165, 1.54) is 161 Å². The van der Waals surface area contributed by atoms with E-state index < -0.39 is 86.8 Å². The number of amides is 1. The smallest absolute Gasteiger partial charge is 0.220 e. The summed E-state index contributed by atoms with van der Waals surface area (Å²) in [5.41, 5.74) is 0. The zero-order valence-corrected chi connectivity index (χ0v) is 62.4. The monoisotopic (exact) mass is 1390 g/mol. The van der Waals surface area contributed by atoms with Crippen LogP contribution in [0, 0.1) is 0 Å². The van der Waals surface area contributed by atoms with Gasteiger partial charge in [-0.25, -0.2) is 0 Å². The predicted octanol–water partition coefficient (Wildman–Crippen LogP) is 18.4. The number of aliphatic hydroxyl groups excluding tert-OH is 8. The number of carbonyl (C=O) groups is 1. The van der Waals surface area contributed by atoms with E-state index in [1.54, 1.807) is 0 Å². The van der Waals surface area contributed by atoms with Crippen LogP contribution in [0.3, 0.4) is 0 Å². The van der Waals surface area contributed by atoms with E-state index in [4.69, 9.17) is 18.9 Å². The third kappa shape index (κ3) is 50.4. The van der Waals surface area contributed by atoms with Crippen LogP contribution in [0.5, 0.6) is 0 Å². The maximum Gasteiger partial charge on any atom is 0.220 e. The summed E-state index contributed by atoms with van der Waals surface area (Å²) in [6.07, 6.45) is 82.2. The molecule has 0 saturated carbocycles. The highest BCUT2D eigenvalue weighted by Crippen LogP contribution is 2.30. The van der Waals surface area contributed by atoms with Gasteiger partial charge in [-0.1, -0.05) is 341 Å². The summed E-state index contributed by atoms with van der Waals surface area (Å²) in [5, 5.41) is 87.9. The van der Waals surface area contributed by atoms with Gasteiger partial charge in [0.1, 0.15) is 48.8 Å². The van der Waals surface area contributed by atoms with Crippen LogP contribution in [0.1, 0.15) is 316 Å². The molecular weight excluding hydrogens is 1240 g/mol. The highest BCUT2D eigenvalue weighted by atomic mass is 16.7. The molecule has 2 saturated heterocycles. The van der Waals surface area contributed by atoms with Crippen molar-refractivity contribution in [3.05, 3.63) is 122 Å². The van der Waals surface area contributed by atoms with Gasteiger partial charge in [0.2, 0.25) is 5.91 Å². The van der Waals surface area contributed by atoms with Crippen molar-refractivity contribution in [2.24, 2.45) is 0 Å². The fraction of sp³-hybridized carbons (Fsp3) is 0.753. The Labute approximate surface area is 603 Å². The van der Waals surface area contributed by atoms with Crippen LogP contribution >= 0.6 is 0 Å². The summed E-state index contributed by atoms with van der Waals surface area (Å²) in [7, 11) is 0. The van der Waals surface area contributed by atoms with Crippen molar-refractivity contribution in [2.75, 3.05) is 19.8 Å². The largest absolute Gasteiger partial charge is 0.394 e. The fourth-order valence-corrected chi connectivity index (χ4v) is 12.6. The Morgan fingerprint density at radius 2 is 0.697 bits per heavy atom. The van der Waals surface area contributed by atoms with E-state index in [0.29, 0.717) is 12.8 Å². The molecule has 99 heavy (non-hydrogen) atoms. The summed E-state index contributed by atoms with van der Waals surface area (Å²) >= 11 is 0. The number of carbonyl (C=O) groups excluding carboxylic acids is 1. The predicted molar refractivity (Wildman–Crippen MR) is 410 cm³/mol. The van der Waals surface area contributed by atoms with E-state index in [0.717, 1.165) is 122 Å². The van der Waals surface area contributed by atoms with E-state index in [1.807, 2.05) is 0 Å². The summed E-state index contributed by atoms with van der Waals surface area (Å²) in [6, 6.07) is -0.844. The molecule has 0 aromatic heterocycles. The first-order chi connectivity index (χ1) is 48.6. The van der Waals surface area contributed by atoms with Crippen LogP contribution in [0.4, 0.5) is 0 Å². The minimum Gasteiger partial charge on any atom is -0.394 e. The molecule has 1 amide bonds. The van der Waals surface area contributed by atoms with Gasteiger partial charge < -0.3 is 65.1 Å². The molecule has 2 aliphatic rings. The number of rotatable bonds is 66. The third-order valence-corrected chi connectivity index (χ3v) is 18.9. The van der Waals surface area contributed by atoms with Gasteiger partial charge in [0, 0.05) is 6.42 Å². The Morgan fingerprint density at radius 3 is 1.07 bits per heavy atom. The van der Waals surface area contributed by atoms with Gasteiger partial charge in [0.25, 0.3) is 0 Å². The minimum absolute atomic E-state index is 0.216. The van der Waals surface area contributed by atoms with Crippen molar-refractivity contribution in [2.45, 2.75) is 389 Å². The van der Waals surface area contributed by atoms with Crippen molar-refractivity contribution >= 4 is 5.91 Å². The molecule has 12 unspecified atom stereocenters. The second-order valence-electron chi connectivity index (χ2n) is 27.8. The summed E-state index contributed by atoms with van der Waals surface area (Å²) < 4.78 is 23.0. The highest BCUT2D eigenvalue weighted by Gasteiger charge is 2.51. The van der Waals surface area contributed by atoms with Gasteiger partial charge in [0.05, 0.1) is 32.0 Å². The first-order valence-corrected chi connectivity index (χ1v) is 40.3. The molecule has 0 aromatic rings. The van der Waals surface area contributed by atoms with Crippen LogP contribution in [0.2, 0.25) is 0 Å². The number of nitrogens with one attached hydrogen (secondary N) is 1. The molecule has 570 valence electrons. The minimum atomic E-state index is -1.79. The first-order valence-electron chi connectivity index (χ1n) is 40.3. The molecule has 2 aliphatic heterocycles. The molecule has 0 radical (unpaired) electrons. The van der Waals surface area contributed by atoms with Gasteiger partial charge in [-0.3, -0.25) is 4.79 Å². The fourth-order valence-electron chi connectivity index (χ4n) is 12.6. The van der Waals surface area contributed by atoms with Gasteiger partial charge in [-0.2, -0.15) is 0 Å². The molecule has 0 aliphatic carbocycles. The van der Waals surface area contributed by atoms with Gasteiger partial charge in [-0.15, -0.1) is 0 Å². The highest BCUT2D eigenvalue weighted by molar-refractivity contribution is 5.76.